The van der Waals surface area contributed by atoms with E-state index in [9.17, 15) is 14.7 Å². The van der Waals surface area contributed by atoms with E-state index < -0.39 is 18.1 Å². The number of nitrogens with one attached hydrogen (secondary N) is 1. The summed E-state index contributed by atoms with van der Waals surface area (Å²) >= 11 is 0. The number of Topliss-reactive ketones (excluding diaryl/α,β-unsaturated/α-hetero) is 1. The number of benzene rings is 2. The van der Waals surface area contributed by atoms with E-state index in [0.29, 0.717) is 12.8 Å². The van der Waals surface area contributed by atoms with Gasteiger partial charge in [-0.3, -0.25) is 14.9 Å². The summed E-state index contributed by atoms with van der Waals surface area (Å²) in [7, 11) is 0. The molecule has 5 heteroatoms. The maximum absolute atomic E-state index is 12.1. The molecule has 2 aromatic carbocycles. The van der Waals surface area contributed by atoms with Crippen molar-refractivity contribution in [3.05, 3.63) is 71.8 Å². The number of rotatable bonds is 9. The van der Waals surface area contributed by atoms with Gasteiger partial charge in [-0.05, 0) is 24.0 Å². The van der Waals surface area contributed by atoms with Crippen LogP contribution in [0, 0.1) is 0 Å². The standard InChI is InChI=1S/C19H22N2O3/c20-16(11-14-7-3-1-4-8-14)18(22)13-21-17(19(23)24)12-15-9-5-2-6-10-15/h1-10,16-17,21H,11-13,20H2,(H,23,24). The molecule has 5 nitrogen and oxygen atoms in total. The molecule has 2 rings (SSSR count). The van der Waals surface area contributed by atoms with Gasteiger partial charge in [0.2, 0.25) is 0 Å². The minimum Gasteiger partial charge on any atom is -0.480 e. The predicted molar refractivity (Wildman–Crippen MR) is 92.7 cm³/mol. The average Bonchev–Trinajstić information content (AvgIpc) is 2.59. The quantitative estimate of drug-likeness (QED) is 0.648. The van der Waals surface area contributed by atoms with Gasteiger partial charge in [0, 0.05) is 0 Å². The van der Waals surface area contributed by atoms with Gasteiger partial charge in [-0.1, -0.05) is 60.7 Å². The Balaban J connectivity index is 1.86. The molecular formula is C19H22N2O3. The Labute approximate surface area is 141 Å². The van der Waals surface area contributed by atoms with E-state index in [0.717, 1.165) is 11.1 Å². The van der Waals surface area contributed by atoms with Gasteiger partial charge >= 0.3 is 5.97 Å². The monoisotopic (exact) mass is 326 g/mol. The van der Waals surface area contributed by atoms with Crippen LogP contribution in [-0.2, 0) is 22.4 Å². The van der Waals surface area contributed by atoms with E-state index in [4.69, 9.17) is 5.73 Å². The van der Waals surface area contributed by atoms with Crippen LogP contribution in [-0.4, -0.2) is 35.5 Å². The van der Waals surface area contributed by atoms with E-state index in [2.05, 4.69) is 5.32 Å². The van der Waals surface area contributed by atoms with Crippen molar-refractivity contribution in [2.45, 2.75) is 24.9 Å². The molecule has 126 valence electrons. The molecule has 2 aromatic rings. The molecule has 0 fully saturated rings. The van der Waals surface area contributed by atoms with E-state index in [1.807, 2.05) is 60.7 Å². The lowest BCUT2D eigenvalue weighted by Crippen LogP contribution is -2.46. The van der Waals surface area contributed by atoms with Crippen LogP contribution < -0.4 is 11.1 Å². The summed E-state index contributed by atoms with van der Waals surface area (Å²) in [5, 5.41) is 12.1. The topological polar surface area (TPSA) is 92.4 Å². The molecule has 0 aromatic heterocycles. The number of hydrogen-bond acceptors (Lipinski definition) is 4. The van der Waals surface area contributed by atoms with Gasteiger partial charge in [-0.2, -0.15) is 0 Å². The van der Waals surface area contributed by atoms with Gasteiger partial charge in [-0.25, -0.2) is 0 Å². The molecule has 0 aliphatic carbocycles. The molecule has 24 heavy (non-hydrogen) atoms. The number of aliphatic carboxylic acids is 1. The van der Waals surface area contributed by atoms with Gasteiger partial charge in [-0.15, -0.1) is 0 Å². The molecule has 0 aliphatic heterocycles. The normalized spacial score (nSPS) is 13.2. The Bertz CT molecular complexity index is 659. The minimum absolute atomic E-state index is 0.0577. The van der Waals surface area contributed by atoms with Gasteiger partial charge in [0.05, 0.1) is 12.6 Å². The Morgan fingerprint density at radius 3 is 1.92 bits per heavy atom. The Morgan fingerprint density at radius 1 is 0.917 bits per heavy atom. The molecule has 4 N–H and O–H groups in total. The maximum Gasteiger partial charge on any atom is 0.321 e. The first-order valence-electron chi connectivity index (χ1n) is 7.88. The number of carboxylic acid groups (broad SMARTS) is 1. The minimum atomic E-state index is -0.983. The molecule has 0 spiro atoms. The zero-order valence-corrected chi connectivity index (χ0v) is 13.4. The number of carbonyl (C=O) groups is 2. The molecule has 0 bridgehead atoms. The van der Waals surface area contributed by atoms with Crippen molar-refractivity contribution in [3.63, 3.8) is 0 Å². The summed E-state index contributed by atoms with van der Waals surface area (Å²) in [6.45, 7) is -0.0577. The van der Waals surface area contributed by atoms with Crippen molar-refractivity contribution in [3.8, 4) is 0 Å². The number of ketones is 1. The van der Waals surface area contributed by atoms with Crippen molar-refractivity contribution in [2.24, 2.45) is 5.73 Å². The van der Waals surface area contributed by atoms with Gasteiger partial charge < -0.3 is 10.8 Å². The summed E-state index contributed by atoms with van der Waals surface area (Å²) in [4.78, 5) is 23.5. The first-order chi connectivity index (χ1) is 11.6. The number of carbonyl (C=O) groups excluding carboxylic acids is 1. The van der Waals surface area contributed by atoms with Crippen LogP contribution in [0.3, 0.4) is 0 Å². The molecule has 0 amide bonds. The Hall–Kier alpha value is -2.50. The lowest BCUT2D eigenvalue weighted by atomic mass is 10.0. The van der Waals surface area contributed by atoms with Gasteiger partial charge in [0.25, 0.3) is 0 Å². The fourth-order valence-corrected chi connectivity index (χ4v) is 2.43. The van der Waals surface area contributed by atoms with Crippen LogP contribution in [0.4, 0.5) is 0 Å². The fourth-order valence-electron chi connectivity index (χ4n) is 2.43. The van der Waals surface area contributed by atoms with E-state index >= 15 is 0 Å². The largest absolute Gasteiger partial charge is 0.480 e. The van der Waals surface area contributed by atoms with Crippen molar-refractivity contribution >= 4 is 11.8 Å². The van der Waals surface area contributed by atoms with Crippen LogP contribution in [0.25, 0.3) is 0 Å². The van der Waals surface area contributed by atoms with Gasteiger partial charge in [0.15, 0.2) is 5.78 Å². The second-order valence-corrected chi connectivity index (χ2v) is 5.72. The first-order valence-corrected chi connectivity index (χ1v) is 7.88. The van der Waals surface area contributed by atoms with Crippen LogP contribution in [0.15, 0.2) is 60.7 Å². The Kier molecular flexibility index (Phi) is 6.66. The van der Waals surface area contributed by atoms with Crippen LogP contribution in [0.2, 0.25) is 0 Å². The Morgan fingerprint density at radius 2 is 1.42 bits per heavy atom. The second-order valence-electron chi connectivity index (χ2n) is 5.72. The molecule has 0 heterocycles. The zero-order valence-electron chi connectivity index (χ0n) is 13.4. The zero-order chi connectivity index (χ0) is 17.4. The summed E-state index contributed by atoms with van der Waals surface area (Å²) in [6.07, 6.45) is 0.759. The number of carboxylic acids is 1. The summed E-state index contributed by atoms with van der Waals surface area (Å²) < 4.78 is 0. The molecule has 2 unspecified atom stereocenters. The number of hydrogen-bond donors (Lipinski definition) is 3. The highest BCUT2D eigenvalue weighted by Gasteiger charge is 2.20. The van der Waals surface area contributed by atoms with E-state index in [1.165, 1.54) is 0 Å². The van der Waals surface area contributed by atoms with E-state index in [-0.39, 0.29) is 12.3 Å². The molecule has 0 saturated carbocycles. The SMILES string of the molecule is NC(Cc1ccccc1)C(=O)CNC(Cc1ccccc1)C(=O)O. The third-order valence-corrected chi connectivity index (χ3v) is 3.82. The van der Waals surface area contributed by atoms with Gasteiger partial charge in [0.1, 0.15) is 6.04 Å². The second kappa shape index (κ2) is 8.96. The van der Waals surface area contributed by atoms with Crippen molar-refractivity contribution < 1.29 is 14.7 Å². The van der Waals surface area contributed by atoms with Crippen LogP contribution in [0.5, 0.6) is 0 Å². The van der Waals surface area contributed by atoms with Crippen molar-refractivity contribution in [2.75, 3.05) is 6.54 Å². The molecule has 0 saturated heterocycles. The summed E-state index contributed by atoms with van der Waals surface area (Å²) in [5.41, 5.74) is 7.81. The smallest absolute Gasteiger partial charge is 0.321 e. The maximum atomic E-state index is 12.1. The highest BCUT2D eigenvalue weighted by atomic mass is 16.4. The summed E-state index contributed by atoms with van der Waals surface area (Å²) in [5.74, 6) is -1.18. The van der Waals surface area contributed by atoms with Crippen molar-refractivity contribution in [1.82, 2.24) is 5.32 Å². The van der Waals surface area contributed by atoms with Crippen LogP contribution in [0.1, 0.15) is 11.1 Å². The highest BCUT2D eigenvalue weighted by Crippen LogP contribution is 2.05. The summed E-state index contributed by atoms with van der Waals surface area (Å²) in [6, 6.07) is 17.4. The molecule has 0 radical (unpaired) electrons. The molecule has 2 atom stereocenters. The lowest BCUT2D eigenvalue weighted by Gasteiger charge is -2.16. The highest BCUT2D eigenvalue weighted by molar-refractivity contribution is 5.86. The average molecular weight is 326 g/mol. The predicted octanol–water partition coefficient (Wildman–Crippen LogP) is 1.41. The lowest BCUT2D eigenvalue weighted by molar-refractivity contribution is -0.139. The fraction of sp³-hybridized carbons (Fsp3) is 0.263. The first kappa shape index (κ1) is 17.8. The van der Waals surface area contributed by atoms with E-state index in [1.54, 1.807) is 0 Å². The van der Waals surface area contributed by atoms with Crippen molar-refractivity contribution in [1.29, 1.82) is 0 Å². The molecular weight excluding hydrogens is 304 g/mol. The third-order valence-electron chi connectivity index (χ3n) is 3.82. The molecule has 0 aliphatic rings. The number of nitrogens with two attached hydrogens (primary N) is 1. The van der Waals surface area contributed by atoms with Crippen LogP contribution >= 0.6 is 0 Å². The third kappa shape index (κ3) is 5.61.